The quantitative estimate of drug-likeness (QED) is 0.777. The number of nitrogens with one attached hydrogen (secondary N) is 3. The number of urea groups is 1. The van der Waals surface area contributed by atoms with Crippen LogP contribution in [-0.2, 0) is 4.79 Å². The van der Waals surface area contributed by atoms with Crippen molar-refractivity contribution in [3.05, 3.63) is 46.4 Å². The fourth-order valence-corrected chi connectivity index (χ4v) is 2.84. The number of nitrogens with zero attached hydrogens (tertiary/aromatic N) is 1. The van der Waals surface area contributed by atoms with Crippen LogP contribution in [0.25, 0.3) is 0 Å². The second-order valence-electron chi connectivity index (χ2n) is 6.09. The Bertz CT molecular complexity index is 712. The minimum absolute atomic E-state index is 0.213. The van der Waals surface area contributed by atoms with Gasteiger partial charge in [-0.05, 0) is 39.8 Å². The Morgan fingerprint density at radius 1 is 1.21 bits per heavy atom. The molecule has 0 spiro atoms. The van der Waals surface area contributed by atoms with Crippen molar-refractivity contribution < 1.29 is 9.59 Å². The number of rotatable bonds is 5. The van der Waals surface area contributed by atoms with Gasteiger partial charge in [0.2, 0.25) is 5.91 Å². The van der Waals surface area contributed by atoms with Crippen LogP contribution in [0.15, 0.2) is 35.7 Å². The zero-order valence-electron chi connectivity index (χ0n) is 14.2. The van der Waals surface area contributed by atoms with E-state index in [0.717, 1.165) is 10.7 Å². The van der Waals surface area contributed by atoms with Crippen molar-refractivity contribution in [3.63, 3.8) is 0 Å². The number of carbonyl (C=O) groups excluding carboxylic acids is 2. The van der Waals surface area contributed by atoms with Crippen molar-refractivity contribution in [3.8, 4) is 0 Å². The van der Waals surface area contributed by atoms with Crippen molar-refractivity contribution in [2.45, 2.75) is 39.3 Å². The van der Waals surface area contributed by atoms with Crippen molar-refractivity contribution in [1.82, 2.24) is 15.6 Å². The van der Waals surface area contributed by atoms with Gasteiger partial charge in [0.15, 0.2) is 0 Å². The summed E-state index contributed by atoms with van der Waals surface area (Å²) in [6, 6.07) is 8.42. The summed E-state index contributed by atoms with van der Waals surface area (Å²) >= 11 is 1.50. The number of benzene rings is 1. The van der Waals surface area contributed by atoms with Gasteiger partial charge in [-0.1, -0.05) is 18.2 Å². The highest BCUT2D eigenvalue weighted by Gasteiger charge is 2.31. The number of aryl methyl sites for hydroxylation is 1. The third kappa shape index (κ3) is 4.79. The molecule has 1 aromatic carbocycles. The van der Waals surface area contributed by atoms with Crippen molar-refractivity contribution in [1.29, 1.82) is 0 Å². The summed E-state index contributed by atoms with van der Waals surface area (Å²) in [5.74, 6) is -0.272. The lowest BCUT2D eigenvalue weighted by Crippen LogP contribution is -2.56. The third-order valence-electron chi connectivity index (χ3n) is 3.38. The molecule has 1 aromatic heterocycles. The lowest BCUT2D eigenvalue weighted by atomic mass is 10.0. The van der Waals surface area contributed by atoms with Crippen LogP contribution in [0.4, 0.5) is 10.5 Å². The lowest BCUT2D eigenvalue weighted by molar-refractivity contribution is -0.126. The van der Waals surface area contributed by atoms with Crippen LogP contribution in [-0.4, -0.2) is 22.5 Å². The highest BCUT2D eigenvalue weighted by molar-refractivity contribution is 7.09. The number of para-hydroxylation sites is 1. The summed E-state index contributed by atoms with van der Waals surface area (Å²) in [4.78, 5) is 28.9. The van der Waals surface area contributed by atoms with E-state index in [0.29, 0.717) is 5.69 Å². The first-order valence-corrected chi connectivity index (χ1v) is 8.53. The van der Waals surface area contributed by atoms with Gasteiger partial charge in [0.1, 0.15) is 10.5 Å². The molecule has 0 aliphatic heterocycles. The molecule has 24 heavy (non-hydrogen) atoms. The van der Waals surface area contributed by atoms with E-state index >= 15 is 0 Å². The van der Waals surface area contributed by atoms with Crippen LogP contribution < -0.4 is 16.0 Å². The normalized spacial score (nSPS) is 12.3. The van der Waals surface area contributed by atoms with Crippen LogP contribution in [0.3, 0.4) is 0 Å². The van der Waals surface area contributed by atoms with Gasteiger partial charge in [0.05, 0.1) is 6.04 Å². The molecule has 1 heterocycles. The number of hydrogen-bond donors (Lipinski definition) is 3. The van der Waals surface area contributed by atoms with Gasteiger partial charge < -0.3 is 16.0 Å². The molecule has 0 saturated heterocycles. The highest BCUT2D eigenvalue weighted by Crippen LogP contribution is 2.18. The van der Waals surface area contributed by atoms with Crippen molar-refractivity contribution >= 4 is 29.0 Å². The molecule has 128 valence electrons. The summed E-state index contributed by atoms with van der Waals surface area (Å²) in [6.45, 7) is 7.10. The number of thiazole rings is 1. The largest absolute Gasteiger partial charge is 0.345 e. The zero-order valence-corrected chi connectivity index (χ0v) is 15.0. The Morgan fingerprint density at radius 3 is 2.46 bits per heavy atom. The first-order chi connectivity index (χ1) is 11.3. The fourth-order valence-electron chi connectivity index (χ4n) is 2.03. The molecule has 7 heteroatoms. The van der Waals surface area contributed by atoms with Gasteiger partial charge in [0.25, 0.3) is 0 Å². The van der Waals surface area contributed by atoms with E-state index in [1.807, 2.05) is 37.4 Å². The Labute approximate surface area is 145 Å². The molecule has 3 N–H and O–H groups in total. The Hall–Kier alpha value is -2.41. The molecular formula is C17H22N4O2S. The average Bonchev–Trinajstić information content (AvgIpc) is 2.94. The van der Waals surface area contributed by atoms with E-state index in [1.165, 1.54) is 11.3 Å². The molecule has 6 nitrogen and oxygen atoms in total. The van der Waals surface area contributed by atoms with Gasteiger partial charge in [0, 0.05) is 16.8 Å². The minimum Gasteiger partial charge on any atom is -0.345 e. The molecule has 1 atom stereocenters. The summed E-state index contributed by atoms with van der Waals surface area (Å²) < 4.78 is 0. The Kier molecular flexibility index (Phi) is 5.56. The SMILES string of the molecule is Cc1csc(C(C)NC(=O)C(C)(C)NC(=O)Nc2ccccc2)n1. The summed E-state index contributed by atoms with van der Waals surface area (Å²) in [6.07, 6.45) is 0. The highest BCUT2D eigenvalue weighted by atomic mass is 32.1. The van der Waals surface area contributed by atoms with Crippen molar-refractivity contribution in [2.24, 2.45) is 0 Å². The number of aromatic nitrogens is 1. The maximum atomic E-state index is 12.5. The maximum absolute atomic E-state index is 12.5. The van der Waals surface area contributed by atoms with Gasteiger partial charge in [-0.3, -0.25) is 4.79 Å². The smallest absolute Gasteiger partial charge is 0.320 e. The fraction of sp³-hybridized carbons (Fsp3) is 0.353. The van der Waals surface area contributed by atoms with E-state index in [2.05, 4.69) is 20.9 Å². The molecule has 2 rings (SSSR count). The molecule has 0 aliphatic carbocycles. The molecule has 2 aromatic rings. The monoisotopic (exact) mass is 346 g/mol. The molecule has 0 aliphatic rings. The van der Waals surface area contributed by atoms with Gasteiger partial charge in [-0.2, -0.15) is 0 Å². The lowest BCUT2D eigenvalue weighted by Gasteiger charge is -2.26. The van der Waals surface area contributed by atoms with E-state index < -0.39 is 11.6 Å². The van der Waals surface area contributed by atoms with E-state index in [4.69, 9.17) is 0 Å². The predicted octanol–water partition coefficient (Wildman–Crippen LogP) is 3.23. The average molecular weight is 346 g/mol. The Balaban J connectivity index is 1.93. The molecule has 0 saturated carbocycles. The third-order valence-corrected chi connectivity index (χ3v) is 4.53. The molecule has 0 radical (unpaired) electrons. The molecule has 0 bridgehead atoms. The first-order valence-electron chi connectivity index (χ1n) is 7.65. The summed E-state index contributed by atoms with van der Waals surface area (Å²) in [5.41, 5.74) is 0.535. The van der Waals surface area contributed by atoms with Gasteiger partial charge in [-0.25, -0.2) is 9.78 Å². The number of amides is 3. The second-order valence-corrected chi connectivity index (χ2v) is 6.98. The van der Waals surface area contributed by atoms with Gasteiger partial charge in [-0.15, -0.1) is 11.3 Å². The number of anilines is 1. The second kappa shape index (κ2) is 7.44. The number of carbonyl (C=O) groups is 2. The maximum Gasteiger partial charge on any atom is 0.320 e. The van der Waals surface area contributed by atoms with E-state index in [9.17, 15) is 9.59 Å². The topological polar surface area (TPSA) is 83.1 Å². The van der Waals surface area contributed by atoms with Crippen molar-refractivity contribution in [2.75, 3.05) is 5.32 Å². The molecular weight excluding hydrogens is 324 g/mol. The molecule has 0 fully saturated rings. The predicted molar refractivity (Wildman–Crippen MR) is 96.1 cm³/mol. The van der Waals surface area contributed by atoms with Crippen LogP contribution in [0, 0.1) is 6.92 Å². The first kappa shape index (κ1) is 17.9. The van der Waals surface area contributed by atoms with E-state index in [1.54, 1.807) is 26.0 Å². The summed E-state index contributed by atoms with van der Waals surface area (Å²) in [5, 5.41) is 11.1. The Morgan fingerprint density at radius 2 is 1.88 bits per heavy atom. The van der Waals surface area contributed by atoms with Crippen LogP contribution in [0.1, 0.15) is 37.5 Å². The zero-order chi connectivity index (χ0) is 17.7. The summed E-state index contributed by atoms with van der Waals surface area (Å²) in [7, 11) is 0. The molecule has 3 amide bonds. The minimum atomic E-state index is -1.06. The van der Waals surface area contributed by atoms with Crippen LogP contribution in [0.2, 0.25) is 0 Å². The molecule has 1 unspecified atom stereocenters. The number of hydrogen-bond acceptors (Lipinski definition) is 4. The van der Waals surface area contributed by atoms with Crippen LogP contribution in [0.5, 0.6) is 0 Å². The van der Waals surface area contributed by atoms with Crippen LogP contribution >= 0.6 is 11.3 Å². The standard InChI is InChI=1S/C17H22N4O2S/c1-11-10-24-14(18-11)12(2)19-15(22)17(3,4)21-16(23)20-13-8-6-5-7-9-13/h5-10,12H,1-4H3,(H,19,22)(H2,20,21,23). The van der Waals surface area contributed by atoms with Gasteiger partial charge >= 0.3 is 6.03 Å². The van der Waals surface area contributed by atoms with E-state index in [-0.39, 0.29) is 11.9 Å².